The second-order valence-corrected chi connectivity index (χ2v) is 8.91. The Bertz CT molecular complexity index is 957. The Morgan fingerprint density at radius 3 is 2.39 bits per heavy atom. The van der Waals surface area contributed by atoms with E-state index in [0.717, 1.165) is 49.4 Å². The lowest BCUT2D eigenvalue weighted by Crippen LogP contribution is -2.47. The fraction of sp³-hybridized carbons (Fsp3) is 0.357. The van der Waals surface area contributed by atoms with Gasteiger partial charge in [-0.15, -0.1) is 0 Å². The average Bonchev–Trinajstić information content (AvgIpc) is 2.79. The Kier molecular flexibility index (Phi) is 7.16. The lowest BCUT2D eigenvalue weighted by molar-refractivity contribution is -0.0694. The molecule has 1 saturated heterocycles. The van der Waals surface area contributed by atoms with E-state index in [1.165, 1.54) is 5.56 Å². The van der Waals surface area contributed by atoms with Crippen molar-refractivity contribution in [3.8, 4) is 11.1 Å². The first-order chi connectivity index (χ1) is 15.1. The molecule has 3 heteroatoms. The highest BCUT2D eigenvalue weighted by Crippen LogP contribution is 2.31. The molecule has 0 aliphatic carbocycles. The van der Waals surface area contributed by atoms with E-state index in [1.807, 2.05) is 24.3 Å². The summed E-state index contributed by atoms with van der Waals surface area (Å²) in [5, 5.41) is 0. The molecule has 0 N–H and O–H groups in total. The summed E-state index contributed by atoms with van der Waals surface area (Å²) in [6, 6.07) is 26.1. The summed E-state index contributed by atoms with van der Waals surface area (Å²) in [6.07, 6.45) is 0.952. The van der Waals surface area contributed by atoms with E-state index < -0.39 is 0 Å². The van der Waals surface area contributed by atoms with Crippen LogP contribution in [0.3, 0.4) is 0 Å². The second kappa shape index (κ2) is 10.2. The van der Waals surface area contributed by atoms with Crippen LogP contribution in [0, 0.1) is 17.7 Å². The minimum atomic E-state index is -0.174. The lowest BCUT2D eigenvalue weighted by Gasteiger charge is -2.39. The maximum absolute atomic E-state index is 14.2. The number of nitrogens with zero attached hydrogens (tertiary/aromatic N) is 1. The van der Waals surface area contributed by atoms with Crippen molar-refractivity contribution in [1.82, 2.24) is 4.90 Å². The van der Waals surface area contributed by atoms with Crippen LogP contribution in [0.1, 0.15) is 25.0 Å². The summed E-state index contributed by atoms with van der Waals surface area (Å²) in [6.45, 7) is 8.06. The fourth-order valence-electron chi connectivity index (χ4n) is 4.66. The summed E-state index contributed by atoms with van der Waals surface area (Å²) in [5.74, 6) is 0.587. The molecule has 1 fully saturated rings. The molecular weight excluding hydrogens is 385 g/mol. The van der Waals surface area contributed by atoms with Crippen LogP contribution in [-0.4, -0.2) is 30.7 Å². The molecule has 2 atom stereocenters. The minimum absolute atomic E-state index is 0.143. The van der Waals surface area contributed by atoms with Crippen LogP contribution in [0.2, 0.25) is 0 Å². The average molecular weight is 418 g/mol. The predicted octanol–water partition coefficient (Wildman–Crippen LogP) is 6.21. The molecule has 31 heavy (non-hydrogen) atoms. The summed E-state index contributed by atoms with van der Waals surface area (Å²) < 4.78 is 20.5. The van der Waals surface area contributed by atoms with Crippen molar-refractivity contribution in [3.63, 3.8) is 0 Å². The molecule has 4 rings (SSSR count). The van der Waals surface area contributed by atoms with E-state index in [2.05, 4.69) is 61.2 Å². The van der Waals surface area contributed by atoms with Gasteiger partial charge in [0.15, 0.2) is 0 Å². The molecule has 162 valence electrons. The van der Waals surface area contributed by atoms with Gasteiger partial charge in [0.2, 0.25) is 0 Å². The maximum Gasteiger partial charge on any atom is 0.123 e. The van der Waals surface area contributed by atoms with E-state index in [4.69, 9.17) is 4.74 Å². The van der Waals surface area contributed by atoms with Gasteiger partial charge in [-0.25, -0.2) is 4.39 Å². The van der Waals surface area contributed by atoms with E-state index in [1.54, 1.807) is 12.1 Å². The summed E-state index contributed by atoms with van der Waals surface area (Å²) in [4.78, 5) is 2.49. The first-order valence-electron chi connectivity index (χ1n) is 11.3. The first-order valence-corrected chi connectivity index (χ1v) is 11.3. The molecule has 0 amide bonds. The number of hydrogen-bond acceptors (Lipinski definition) is 2. The number of morpholine rings is 1. The second-order valence-electron chi connectivity index (χ2n) is 8.91. The number of benzene rings is 3. The smallest absolute Gasteiger partial charge is 0.123 e. The molecule has 0 spiro atoms. The number of ether oxygens (including phenoxy) is 1. The third-order valence-electron chi connectivity index (χ3n) is 6.37. The topological polar surface area (TPSA) is 12.5 Å². The summed E-state index contributed by atoms with van der Waals surface area (Å²) in [5.41, 5.74) is 4.65. The van der Waals surface area contributed by atoms with Crippen molar-refractivity contribution >= 4 is 0 Å². The van der Waals surface area contributed by atoms with Crippen molar-refractivity contribution in [2.24, 2.45) is 11.8 Å². The van der Waals surface area contributed by atoms with Crippen LogP contribution < -0.4 is 0 Å². The zero-order valence-electron chi connectivity index (χ0n) is 18.5. The van der Waals surface area contributed by atoms with Crippen molar-refractivity contribution in [2.75, 3.05) is 19.7 Å². The fourth-order valence-corrected chi connectivity index (χ4v) is 4.66. The molecule has 0 radical (unpaired) electrons. The molecule has 2 nitrogen and oxygen atoms in total. The van der Waals surface area contributed by atoms with Gasteiger partial charge in [0, 0.05) is 19.6 Å². The van der Waals surface area contributed by atoms with Gasteiger partial charge in [-0.2, -0.15) is 0 Å². The molecule has 0 saturated carbocycles. The molecular formula is C28H32FNO. The molecule has 3 aromatic rings. The van der Waals surface area contributed by atoms with Gasteiger partial charge in [0.05, 0.1) is 12.7 Å². The third-order valence-corrected chi connectivity index (χ3v) is 6.37. The van der Waals surface area contributed by atoms with Gasteiger partial charge in [0.25, 0.3) is 0 Å². The van der Waals surface area contributed by atoms with E-state index >= 15 is 0 Å². The highest BCUT2D eigenvalue weighted by Gasteiger charge is 2.31. The highest BCUT2D eigenvalue weighted by atomic mass is 19.1. The van der Waals surface area contributed by atoms with Crippen LogP contribution in [0.5, 0.6) is 0 Å². The molecule has 2 unspecified atom stereocenters. The number of rotatable bonds is 7. The minimum Gasteiger partial charge on any atom is -0.375 e. The Morgan fingerprint density at radius 2 is 1.68 bits per heavy atom. The Labute approximate surface area is 185 Å². The summed E-state index contributed by atoms with van der Waals surface area (Å²) in [7, 11) is 0. The molecule has 3 aromatic carbocycles. The zero-order valence-corrected chi connectivity index (χ0v) is 18.5. The van der Waals surface area contributed by atoms with Crippen molar-refractivity contribution in [1.29, 1.82) is 0 Å². The molecule has 1 aliphatic rings. The number of halogens is 1. The van der Waals surface area contributed by atoms with E-state index in [9.17, 15) is 4.39 Å². The monoisotopic (exact) mass is 417 g/mol. The Hall–Kier alpha value is -2.49. The quantitative estimate of drug-likeness (QED) is 0.453. The van der Waals surface area contributed by atoms with Crippen LogP contribution >= 0.6 is 0 Å². The molecule has 0 aromatic heterocycles. The number of hydrogen-bond donors (Lipinski definition) is 0. The van der Waals surface area contributed by atoms with Gasteiger partial charge in [0.1, 0.15) is 5.82 Å². The third kappa shape index (κ3) is 5.61. The van der Waals surface area contributed by atoms with Gasteiger partial charge < -0.3 is 4.74 Å². The SMILES string of the molecule is CC(C)C(Cc1cc(F)ccc1-c1ccccc1)C1CN(Cc2ccccc2)CCO1. The summed E-state index contributed by atoms with van der Waals surface area (Å²) >= 11 is 0. The van der Waals surface area contributed by atoms with Crippen LogP contribution in [0.25, 0.3) is 11.1 Å². The normalized spacial score (nSPS) is 18.3. The molecule has 1 aliphatic heterocycles. The van der Waals surface area contributed by atoms with E-state index in [-0.39, 0.29) is 11.9 Å². The standard InChI is InChI=1S/C28H32FNO/c1-21(2)27(28-20-30(15-16-31-28)19-22-9-5-3-6-10-22)18-24-17-25(29)13-14-26(24)23-11-7-4-8-12-23/h3-14,17,21,27-28H,15-16,18-20H2,1-2H3. The first kappa shape index (κ1) is 21.7. The van der Waals surface area contributed by atoms with Gasteiger partial charge in [-0.05, 0) is 52.6 Å². The van der Waals surface area contributed by atoms with Crippen molar-refractivity contribution in [3.05, 3.63) is 95.8 Å². The predicted molar refractivity (Wildman–Crippen MR) is 125 cm³/mol. The Balaban J connectivity index is 1.54. The Morgan fingerprint density at radius 1 is 0.968 bits per heavy atom. The van der Waals surface area contributed by atoms with Crippen LogP contribution in [0.15, 0.2) is 78.9 Å². The van der Waals surface area contributed by atoms with Crippen LogP contribution in [0.4, 0.5) is 4.39 Å². The maximum atomic E-state index is 14.2. The van der Waals surface area contributed by atoms with Gasteiger partial charge in [-0.3, -0.25) is 4.90 Å². The van der Waals surface area contributed by atoms with Crippen molar-refractivity contribution < 1.29 is 9.13 Å². The molecule has 0 bridgehead atoms. The molecule has 1 heterocycles. The largest absolute Gasteiger partial charge is 0.375 e. The highest BCUT2D eigenvalue weighted by molar-refractivity contribution is 5.67. The van der Waals surface area contributed by atoms with Gasteiger partial charge >= 0.3 is 0 Å². The van der Waals surface area contributed by atoms with E-state index in [0.29, 0.717) is 11.8 Å². The lowest BCUT2D eigenvalue weighted by atomic mass is 9.82. The zero-order chi connectivity index (χ0) is 21.6. The van der Waals surface area contributed by atoms with Crippen molar-refractivity contribution in [2.45, 2.75) is 32.9 Å². The van der Waals surface area contributed by atoms with Crippen LogP contribution in [-0.2, 0) is 17.7 Å². The van der Waals surface area contributed by atoms with Gasteiger partial charge in [-0.1, -0.05) is 80.6 Å².